The number of nitrogens with zero attached hydrogens (tertiary/aromatic N) is 2. The smallest absolute Gasteiger partial charge is 0.339 e. The number of hydrogen-bond acceptors (Lipinski definition) is 13. The van der Waals surface area contributed by atoms with E-state index < -0.39 is 41.4 Å². The molecule has 12 nitrogen and oxygen atoms in total. The molecule has 0 amide bonds. The Morgan fingerprint density at radius 1 is 1.19 bits per heavy atom. The van der Waals surface area contributed by atoms with Crippen molar-refractivity contribution in [3.05, 3.63) is 51.2 Å². The van der Waals surface area contributed by atoms with Crippen molar-refractivity contribution in [2.24, 2.45) is 0 Å². The lowest BCUT2D eigenvalue weighted by molar-refractivity contribution is -0.190. The summed E-state index contributed by atoms with van der Waals surface area (Å²) in [5.74, 6) is 0.708. The molecule has 1 saturated heterocycles. The third kappa shape index (κ3) is 6.51. The lowest BCUT2D eigenvalue weighted by atomic mass is 9.77. The number of aromatic nitrogens is 1. The van der Waals surface area contributed by atoms with E-state index in [-0.39, 0.29) is 25.6 Å². The molecule has 1 fully saturated rings. The van der Waals surface area contributed by atoms with Gasteiger partial charge in [-0.25, -0.2) is 9.78 Å². The van der Waals surface area contributed by atoms with Crippen LogP contribution >= 0.6 is 11.3 Å². The van der Waals surface area contributed by atoms with Gasteiger partial charge in [0.2, 0.25) is 6.79 Å². The number of aliphatic hydroxyl groups excluding tert-OH is 2. The Morgan fingerprint density at radius 2 is 1.96 bits per heavy atom. The zero-order valence-electron chi connectivity index (χ0n) is 27.7. The number of carbonyl (C=O) groups excluding carboxylic acids is 1. The molecular weight excluding hydrogens is 628 g/mol. The van der Waals surface area contributed by atoms with E-state index in [9.17, 15) is 20.1 Å². The Labute approximate surface area is 279 Å². The molecule has 1 spiro atoms. The van der Waals surface area contributed by atoms with E-state index in [2.05, 4.69) is 16.0 Å². The number of fused-ring (bicyclic) bond motifs is 3. The van der Waals surface area contributed by atoms with Crippen LogP contribution in [0.5, 0.6) is 11.5 Å². The predicted octanol–water partition coefficient (Wildman–Crippen LogP) is 3.85. The molecule has 4 heterocycles. The first-order valence-electron chi connectivity index (χ1n) is 16.2. The van der Waals surface area contributed by atoms with Gasteiger partial charge in [-0.2, -0.15) is 0 Å². The topological polar surface area (TPSA) is 149 Å². The van der Waals surface area contributed by atoms with Gasteiger partial charge in [0.1, 0.15) is 5.76 Å². The summed E-state index contributed by atoms with van der Waals surface area (Å²) in [6.45, 7) is 7.37. The highest BCUT2D eigenvalue weighted by atomic mass is 32.1. The third-order valence-corrected chi connectivity index (χ3v) is 11.1. The number of aryl methyl sites for hydroxylation is 1. The van der Waals surface area contributed by atoms with E-state index in [1.165, 1.54) is 18.4 Å². The summed E-state index contributed by atoms with van der Waals surface area (Å²) in [5.41, 5.74) is 1.15. The molecule has 1 aliphatic carbocycles. The Balaban J connectivity index is 1.24. The van der Waals surface area contributed by atoms with Gasteiger partial charge in [0.05, 0.1) is 40.2 Å². The van der Waals surface area contributed by atoms with E-state index >= 15 is 0 Å². The molecule has 6 atom stereocenters. The van der Waals surface area contributed by atoms with Crippen molar-refractivity contribution < 1.29 is 48.5 Å². The van der Waals surface area contributed by atoms with Crippen LogP contribution in [0.1, 0.15) is 86.3 Å². The maximum atomic E-state index is 14.2. The van der Waals surface area contributed by atoms with E-state index in [0.29, 0.717) is 40.7 Å². The van der Waals surface area contributed by atoms with Crippen LogP contribution in [-0.4, -0.2) is 94.4 Å². The molecule has 0 radical (unpaired) electrons. The number of rotatable bonds is 13. The molecule has 3 aliphatic heterocycles. The largest absolute Gasteiger partial charge is 0.497 e. The Morgan fingerprint density at radius 3 is 2.66 bits per heavy atom. The first-order chi connectivity index (χ1) is 22.4. The monoisotopic (exact) mass is 674 g/mol. The summed E-state index contributed by atoms with van der Waals surface area (Å²) in [4.78, 5) is 21.4. The number of carbonyl (C=O) groups is 1. The second kappa shape index (κ2) is 13.3. The summed E-state index contributed by atoms with van der Waals surface area (Å²) in [6, 6.07) is 4.03. The maximum absolute atomic E-state index is 14.2. The van der Waals surface area contributed by atoms with Gasteiger partial charge < -0.3 is 43.7 Å². The summed E-state index contributed by atoms with van der Waals surface area (Å²) in [7, 11) is 2.88. The van der Waals surface area contributed by atoms with Crippen molar-refractivity contribution in [1.29, 1.82) is 0 Å². The third-order valence-electron chi connectivity index (χ3n) is 10.2. The van der Waals surface area contributed by atoms with Crippen molar-refractivity contribution >= 4 is 17.3 Å². The first-order valence-corrected chi connectivity index (χ1v) is 17.1. The molecule has 2 aromatic rings. The second-order valence-electron chi connectivity index (χ2n) is 13.6. The number of thiazole rings is 1. The normalized spacial score (nSPS) is 26.0. The van der Waals surface area contributed by atoms with Crippen LogP contribution in [0.4, 0.5) is 0 Å². The van der Waals surface area contributed by atoms with Crippen LogP contribution in [0.25, 0.3) is 0 Å². The van der Waals surface area contributed by atoms with E-state index in [1.807, 2.05) is 26.0 Å². The van der Waals surface area contributed by atoms with Gasteiger partial charge in [0.25, 0.3) is 0 Å². The minimum absolute atomic E-state index is 0.0370. The standard InChI is InChI=1S/C34H46N2O10S/c1-20-29(47-18-35-20)30(38)46-32(2,3)9-6-11-34(40,17-26(37)42-5)31(39)45-28-25(41-4)16-33-10-7-12-36(33)13-8-21-14-23-24(44-19-43-23)15-22(21)27(28)33/h14-16,18,26-28,30,37-38,40H,6-13,17,19H2,1-5H3. The van der Waals surface area contributed by atoms with Crippen LogP contribution in [0.2, 0.25) is 0 Å². The van der Waals surface area contributed by atoms with Crippen molar-refractivity contribution in [1.82, 2.24) is 9.88 Å². The van der Waals surface area contributed by atoms with Crippen molar-refractivity contribution in [3.63, 3.8) is 0 Å². The fraction of sp³-hybridized carbons (Fsp3) is 0.647. The predicted molar refractivity (Wildman–Crippen MR) is 171 cm³/mol. The van der Waals surface area contributed by atoms with Crippen LogP contribution in [0.3, 0.4) is 0 Å². The van der Waals surface area contributed by atoms with Crippen LogP contribution in [0, 0.1) is 6.92 Å². The van der Waals surface area contributed by atoms with Gasteiger partial charge in [0, 0.05) is 20.1 Å². The fourth-order valence-electron chi connectivity index (χ4n) is 7.75. The summed E-state index contributed by atoms with van der Waals surface area (Å²) < 4.78 is 34.7. The van der Waals surface area contributed by atoms with Gasteiger partial charge in [0.15, 0.2) is 35.8 Å². The number of esters is 1. The molecule has 3 N–H and O–H groups in total. The van der Waals surface area contributed by atoms with E-state index in [0.717, 1.165) is 43.5 Å². The van der Waals surface area contributed by atoms with Gasteiger partial charge in [-0.05, 0) is 95.2 Å². The fourth-order valence-corrected chi connectivity index (χ4v) is 8.46. The number of ether oxygens (including phenoxy) is 6. The molecule has 1 aromatic carbocycles. The summed E-state index contributed by atoms with van der Waals surface area (Å²) in [6.07, 6.45) is 1.68. The highest BCUT2D eigenvalue weighted by Gasteiger charge is 2.59. The van der Waals surface area contributed by atoms with Crippen LogP contribution in [-0.2, 0) is 30.2 Å². The Hall–Kier alpha value is -2.78. The molecule has 1 aromatic heterocycles. The van der Waals surface area contributed by atoms with Gasteiger partial charge >= 0.3 is 5.97 Å². The van der Waals surface area contributed by atoms with Gasteiger partial charge in [-0.1, -0.05) is 0 Å². The van der Waals surface area contributed by atoms with Crippen molar-refractivity contribution in [2.45, 2.75) is 107 Å². The highest BCUT2D eigenvalue weighted by molar-refractivity contribution is 7.09. The molecule has 47 heavy (non-hydrogen) atoms. The molecule has 6 rings (SSSR count). The number of methoxy groups -OCH3 is 2. The molecular formula is C34H46N2O10S. The van der Waals surface area contributed by atoms with Gasteiger partial charge in [-0.3, -0.25) is 4.90 Å². The zero-order valence-corrected chi connectivity index (χ0v) is 28.5. The highest BCUT2D eigenvalue weighted by Crippen LogP contribution is 2.55. The average molecular weight is 675 g/mol. The van der Waals surface area contributed by atoms with Crippen molar-refractivity contribution in [3.8, 4) is 11.5 Å². The van der Waals surface area contributed by atoms with E-state index in [4.69, 9.17) is 28.4 Å². The first kappa shape index (κ1) is 34.1. The lowest BCUT2D eigenvalue weighted by Gasteiger charge is -2.40. The molecule has 0 saturated carbocycles. The van der Waals surface area contributed by atoms with Crippen LogP contribution in [0.15, 0.2) is 29.5 Å². The number of benzene rings is 1. The molecule has 4 aliphatic rings. The Bertz CT molecular complexity index is 1500. The molecule has 6 unspecified atom stereocenters. The SMILES string of the molecule is COC1=CC23CCCN2CCc2cc4c(cc2C3C1OC(=O)C(O)(CCCC(C)(C)OC(O)c1scnc1C)CC(O)OC)OCO4. The average Bonchev–Trinajstić information content (AvgIpc) is 3.81. The van der Waals surface area contributed by atoms with Gasteiger partial charge in [-0.15, -0.1) is 11.3 Å². The molecule has 258 valence electrons. The zero-order chi connectivity index (χ0) is 33.6. The maximum Gasteiger partial charge on any atom is 0.339 e. The minimum atomic E-state index is -2.08. The number of hydrogen-bond donors (Lipinski definition) is 3. The lowest BCUT2D eigenvalue weighted by Crippen LogP contribution is -2.49. The van der Waals surface area contributed by atoms with Crippen molar-refractivity contribution in [2.75, 3.05) is 34.1 Å². The molecule has 13 heteroatoms. The quantitative estimate of drug-likeness (QED) is 0.209. The second-order valence-corrected chi connectivity index (χ2v) is 14.5. The molecule has 0 bridgehead atoms. The summed E-state index contributed by atoms with van der Waals surface area (Å²) in [5, 5.41) is 33.0. The number of aliphatic hydroxyl groups is 3. The minimum Gasteiger partial charge on any atom is -0.497 e. The summed E-state index contributed by atoms with van der Waals surface area (Å²) >= 11 is 1.31. The Kier molecular flexibility index (Phi) is 9.62. The van der Waals surface area contributed by atoms with E-state index in [1.54, 1.807) is 19.5 Å². The van der Waals surface area contributed by atoms with Crippen LogP contribution < -0.4 is 9.47 Å².